The predicted octanol–water partition coefficient (Wildman–Crippen LogP) is 3.29. The third kappa shape index (κ3) is 3.50. The van der Waals surface area contributed by atoms with Gasteiger partial charge in [0, 0.05) is 19.0 Å². The van der Waals surface area contributed by atoms with Crippen molar-refractivity contribution in [3.8, 4) is 5.75 Å². The summed E-state index contributed by atoms with van der Waals surface area (Å²) in [6.45, 7) is 5.89. The van der Waals surface area contributed by atoms with Crippen LogP contribution in [0.3, 0.4) is 0 Å². The van der Waals surface area contributed by atoms with Gasteiger partial charge in [-0.05, 0) is 36.8 Å². The van der Waals surface area contributed by atoms with Crippen LogP contribution in [-0.4, -0.2) is 42.8 Å². The van der Waals surface area contributed by atoms with E-state index in [2.05, 4.69) is 0 Å². The molecule has 0 aliphatic carbocycles. The van der Waals surface area contributed by atoms with Gasteiger partial charge in [-0.25, -0.2) is 0 Å². The molecule has 0 bridgehead atoms. The van der Waals surface area contributed by atoms with Gasteiger partial charge in [-0.1, -0.05) is 32.0 Å². The van der Waals surface area contributed by atoms with E-state index in [1.165, 1.54) is 4.90 Å². The minimum atomic E-state index is -0.326. The quantitative estimate of drug-likeness (QED) is 0.722. The second-order valence-electron chi connectivity index (χ2n) is 7.13. The third-order valence-corrected chi connectivity index (χ3v) is 4.81. The molecule has 2 aromatic carbocycles. The number of carbonyl (C=O) groups excluding carboxylic acids is 3. The Hall–Kier alpha value is -3.15. The Morgan fingerprint density at radius 2 is 1.68 bits per heavy atom. The number of fused-ring (bicyclic) bond motifs is 1. The monoisotopic (exact) mass is 380 g/mol. The normalized spacial score (nSPS) is 13.1. The molecule has 0 saturated carbocycles. The second-order valence-corrected chi connectivity index (χ2v) is 7.13. The van der Waals surface area contributed by atoms with Crippen molar-refractivity contribution in [1.29, 1.82) is 0 Å². The fourth-order valence-corrected chi connectivity index (χ4v) is 3.31. The number of nitrogens with zero attached hydrogens (tertiary/aromatic N) is 2. The predicted molar refractivity (Wildman–Crippen MR) is 107 cm³/mol. The van der Waals surface area contributed by atoms with Crippen molar-refractivity contribution in [2.24, 2.45) is 5.92 Å². The van der Waals surface area contributed by atoms with Gasteiger partial charge in [0.2, 0.25) is 5.91 Å². The molecular weight excluding hydrogens is 356 g/mol. The molecule has 0 spiro atoms. The minimum absolute atomic E-state index is 0.0984. The number of hydrogen-bond donors (Lipinski definition) is 0. The fourth-order valence-electron chi connectivity index (χ4n) is 3.31. The number of imide groups is 1. The third-order valence-electron chi connectivity index (χ3n) is 4.81. The highest BCUT2D eigenvalue weighted by Gasteiger charge is 2.35. The lowest BCUT2D eigenvalue weighted by molar-refractivity contribution is -0.121. The summed E-state index contributed by atoms with van der Waals surface area (Å²) in [5.41, 5.74) is 2.45. The van der Waals surface area contributed by atoms with E-state index in [0.29, 0.717) is 22.6 Å². The Labute approximate surface area is 164 Å². The molecule has 0 unspecified atom stereocenters. The summed E-state index contributed by atoms with van der Waals surface area (Å²) in [6, 6.07) is 12.4. The van der Waals surface area contributed by atoms with Crippen LogP contribution in [0.25, 0.3) is 0 Å². The zero-order chi connectivity index (χ0) is 20.4. The van der Waals surface area contributed by atoms with Crippen molar-refractivity contribution in [3.63, 3.8) is 0 Å². The first-order valence-electron chi connectivity index (χ1n) is 9.26. The highest BCUT2D eigenvalue weighted by atomic mass is 16.5. The number of carbonyl (C=O) groups is 3. The lowest BCUT2D eigenvalue weighted by atomic mass is 10.1. The van der Waals surface area contributed by atoms with Gasteiger partial charge in [-0.3, -0.25) is 19.3 Å². The lowest BCUT2D eigenvalue weighted by Gasteiger charge is -2.28. The van der Waals surface area contributed by atoms with E-state index in [4.69, 9.17) is 4.74 Å². The van der Waals surface area contributed by atoms with E-state index in [-0.39, 0.29) is 36.7 Å². The van der Waals surface area contributed by atoms with Crippen molar-refractivity contribution in [1.82, 2.24) is 4.90 Å². The van der Waals surface area contributed by atoms with E-state index in [1.54, 1.807) is 36.3 Å². The molecule has 0 atom stereocenters. The molecule has 28 heavy (non-hydrogen) atoms. The van der Waals surface area contributed by atoms with Gasteiger partial charge in [0.15, 0.2) is 0 Å². The molecule has 1 aliphatic heterocycles. The first-order valence-corrected chi connectivity index (χ1v) is 9.26. The summed E-state index contributed by atoms with van der Waals surface area (Å²) in [5, 5.41) is 0. The number of amides is 3. The molecule has 0 aromatic heterocycles. The zero-order valence-electron chi connectivity index (χ0n) is 16.6. The van der Waals surface area contributed by atoms with Crippen LogP contribution < -0.4 is 9.64 Å². The van der Waals surface area contributed by atoms with Gasteiger partial charge >= 0.3 is 0 Å². The summed E-state index contributed by atoms with van der Waals surface area (Å²) in [6.07, 6.45) is 0. The van der Waals surface area contributed by atoms with Crippen LogP contribution in [0.5, 0.6) is 5.75 Å². The van der Waals surface area contributed by atoms with Gasteiger partial charge in [0.05, 0.1) is 23.9 Å². The van der Waals surface area contributed by atoms with Crippen LogP contribution in [0.1, 0.15) is 40.1 Å². The number of rotatable bonds is 6. The largest absolute Gasteiger partial charge is 0.495 e. The van der Waals surface area contributed by atoms with Crippen molar-refractivity contribution in [3.05, 3.63) is 59.2 Å². The second kappa shape index (κ2) is 7.84. The maximum atomic E-state index is 12.9. The first kappa shape index (κ1) is 19.6. The van der Waals surface area contributed by atoms with E-state index in [9.17, 15) is 14.4 Å². The average molecular weight is 380 g/mol. The standard InChI is InChI=1S/C22H24N2O4/c1-14(2)20(25)23(18-10-9-15(3)13-19(18)28-4)11-12-24-21(26)16-7-5-6-8-17(16)22(24)27/h5-10,13-14H,11-12H2,1-4H3. The van der Waals surface area contributed by atoms with Gasteiger partial charge in [0.1, 0.15) is 5.75 Å². The first-order chi connectivity index (χ1) is 13.3. The van der Waals surface area contributed by atoms with E-state index >= 15 is 0 Å². The summed E-state index contributed by atoms with van der Waals surface area (Å²) < 4.78 is 5.46. The maximum absolute atomic E-state index is 12.9. The van der Waals surface area contributed by atoms with Crippen LogP contribution in [0.15, 0.2) is 42.5 Å². The SMILES string of the molecule is COc1cc(C)ccc1N(CCN1C(=O)c2ccccc2C1=O)C(=O)C(C)C. The van der Waals surface area contributed by atoms with Gasteiger partial charge in [0.25, 0.3) is 11.8 Å². The molecule has 6 heteroatoms. The van der Waals surface area contributed by atoms with E-state index in [0.717, 1.165) is 5.56 Å². The number of benzene rings is 2. The lowest BCUT2D eigenvalue weighted by Crippen LogP contribution is -2.42. The topological polar surface area (TPSA) is 66.9 Å². The van der Waals surface area contributed by atoms with E-state index < -0.39 is 0 Å². The maximum Gasteiger partial charge on any atom is 0.261 e. The number of aryl methyl sites for hydroxylation is 1. The summed E-state index contributed by atoms with van der Waals surface area (Å²) >= 11 is 0. The molecule has 1 aliphatic rings. The molecule has 3 rings (SSSR count). The van der Waals surface area contributed by atoms with Crippen LogP contribution in [0, 0.1) is 12.8 Å². The summed E-state index contributed by atoms with van der Waals surface area (Å²) in [7, 11) is 1.56. The molecule has 6 nitrogen and oxygen atoms in total. The Morgan fingerprint density at radius 1 is 1.07 bits per heavy atom. The number of hydrogen-bond acceptors (Lipinski definition) is 4. The Kier molecular flexibility index (Phi) is 5.49. The molecular formula is C22H24N2O4. The number of anilines is 1. The summed E-state index contributed by atoms with van der Waals surface area (Å²) in [4.78, 5) is 40.9. The van der Waals surface area contributed by atoms with E-state index in [1.807, 2.05) is 39.0 Å². The molecule has 0 N–H and O–H groups in total. The highest BCUT2D eigenvalue weighted by Crippen LogP contribution is 2.31. The van der Waals surface area contributed by atoms with Crippen LogP contribution in [0.4, 0.5) is 5.69 Å². The van der Waals surface area contributed by atoms with Gasteiger partial charge in [-0.15, -0.1) is 0 Å². The van der Waals surface area contributed by atoms with Crippen molar-refractivity contribution in [2.45, 2.75) is 20.8 Å². The van der Waals surface area contributed by atoms with Crippen molar-refractivity contribution >= 4 is 23.4 Å². The molecule has 146 valence electrons. The van der Waals surface area contributed by atoms with Gasteiger partial charge in [-0.2, -0.15) is 0 Å². The molecule has 0 radical (unpaired) electrons. The smallest absolute Gasteiger partial charge is 0.261 e. The van der Waals surface area contributed by atoms with Crippen molar-refractivity contribution in [2.75, 3.05) is 25.1 Å². The molecule has 3 amide bonds. The van der Waals surface area contributed by atoms with Crippen LogP contribution >= 0.6 is 0 Å². The summed E-state index contributed by atoms with van der Waals surface area (Å²) in [5.74, 6) is -0.412. The van der Waals surface area contributed by atoms with Gasteiger partial charge < -0.3 is 9.64 Å². The van der Waals surface area contributed by atoms with Crippen LogP contribution in [0.2, 0.25) is 0 Å². The average Bonchev–Trinajstić information content (AvgIpc) is 2.93. The Balaban J connectivity index is 1.87. The molecule has 1 heterocycles. The number of methoxy groups -OCH3 is 1. The minimum Gasteiger partial charge on any atom is -0.495 e. The number of ether oxygens (including phenoxy) is 1. The highest BCUT2D eigenvalue weighted by molar-refractivity contribution is 6.21. The zero-order valence-corrected chi connectivity index (χ0v) is 16.6. The molecule has 2 aromatic rings. The van der Waals surface area contributed by atoms with Crippen LogP contribution in [-0.2, 0) is 4.79 Å². The molecule has 0 fully saturated rings. The fraction of sp³-hybridized carbons (Fsp3) is 0.318. The molecule has 0 saturated heterocycles. The Bertz CT molecular complexity index is 901. The Morgan fingerprint density at radius 3 is 2.21 bits per heavy atom. The van der Waals surface area contributed by atoms with Crippen molar-refractivity contribution < 1.29 is 19.1 Å².